The van der Waals surface area contributed by atoms with E-state index in [4.69, 9.17) is 30.7 Å². The summed E-state index contributed by atoms with van der Waals surface area (Å²) in [5.74, 6) is 0. The van der Waals surface area contributed by atoms with Crippen molar-refractivity contribution in [1.82, 2.24) is 5.23 Å². The van der Waals surface area contributed by atoms with Crippen LogP contribution in [0.3, 0.4) is 0 Å². The zero-order valence-electron chi connectivity index (χ0n) is 10.4. The van der Waals surface area contributed by atoms with Crippen LogP contribution in [-0.4, -0.2) is 67.2 Å². The number of nitrogens with two attached hydrogens (primary N) is 1. The van der Waals surface area contributed by atoms with Crippen molar-refractivity contribution < 1.29 is 25.0 Å². The molecule has 16 heavy (non-hydrogen) atoms. The van der Waals surface area contributed by atoms with Gasteiger partial charge in [0.15, 0.2) is 0 Å². The molecular weight excluding hydrogens is 216 g/mol. The lowest BCUT2D eigenvalue weighted by atomic mass is 10.8. The Morgan fingerprint density at radius 1 is 1.00 bits per heavy atom. The van der Waals surface area contributed by atoms with E-state index in [9.17, 15) is 0 Å². The fraction of sp³-hybridized carbons (Fsp3) is 1.00. The third-order valence-corrected chi connectivity index (χ3v) is 0.729. The van der Waals surface area contributed by atoms with Gasteiger partial charge in [0.05, 0.1) is 26.4 Å². The summed E-state index contributed by atoms with van der Waals surface area (Å²) >= 11 is 0. The lowest BCUT2D eigenvalue weighted by Crippen LogP contribution is -2.22. The fourth-order valence-corrected chi connectivity index (χ4v) is 0.376. The lowest BCUT2D eigenvalue weighted by molar-refractivity contribution is -0.356. The molecule has 0 atom stereocenters. The van der Waals surface area contributed by atoms with Gasteiger partial charge in [0.2, 0.25) is 0 Å². The molecule has 0 unspecified atom stereocenters. The normalized spacial score (nSPS) is 9.00. The van der Waals surface area contributed by atoms with E-state index < -0.39 is 0 Å². The maximum Gasteiger partial charge on any atom is 0.0942 e. The van der Waals surface area contributed by atoms with Crippen LogP contribution < -0.4 is 5.73 Å². The Morgan fingerprint density at radius 3 is 1.44 bits per heavy atom. The zero-order chi connectivity index (χ0) is 13.2. The summed E-state index contributed by atoms with van der Waals surface area (Å²) in [7, 11) is 1.55. The molecule has 0 fully saturated rings. The summed E-state index contributed by atoms with van der Waals surface area (Å²) in [4.78, 5) is 9.49. The molecule has 7 nitrogen and oxygen atoms in total. The average Bonchev–Trinajstić information content (AvgIpc) is 2.25. The number of nitrogens with zero attached hydrogens (tertiary/aromatic N) is 1. The highest BCUT2D eigenvalue weighted by Crippen LogP contribution is 1.85. The van der Waals surface area contributed by atoms with E-state index in [1.165, 1.54) is 0 Å². The van der Waals surface area contributed by atoms with Crippen molar-refractivity contribution in [3.63, 3.8) is 0 Å². The van der Waals surface area contributed by atoms with Gasteiger partial charge in [-0.15, -0.1) is 0 Å². The van der Waals surface area contributed by atoms with Crippen LogP contribution in [0.15, 0.2) is 0 Å². The van der Waals surface area contributed by atoms with E-state index in [0.717, 1.165) is 11.8 Å². The summed E-state index contributed by atoms with van der Waals surface area (Å²) in [6.07, 6.45) is 0. The van der Waals surface area contributed by atoms with Crippen LogP contribution in [0.2, 0.25) is 0 Å². The Hall–Kier alpha value is -0.280. The molecule has 0 amide bonds. The van der Waals surface area contributed by atoms with Gasteiger partial charge in [-0.3, -0.25) is 9.68 Å². The Labute approximate surface area is 97.3 Å². The Kier molecular flexibility index (Phi) is 31.7. The molecule has 0 aliphatic rings. The van der Waals surface area contributed by atoms with E-state index in [1.54, 1.807) is 14.0 Å². The van der Waals surface area contributed by atoms with Crippen LogP contribution in [0, 0.1) is 0 Å². The molecule has 0 aromatic carbocycles. The van der Waals surface area contributed by atoms with Gasteiger partial charge in [-0.1, -0.05) is 12.2 Å². The third kappa shape index (κ3) is 37.2. The number of rotatable bonds is 6. The van der Waals surface area contributed by atoms with Crippen molar-refractivity contribution in [2.45, 2.75) is 13.8 Å². The molecule has 5 N–H and O–H groups in total. The molecule has 0 heterocycles. The van der Waals surface area contributed by atoms with Crippen LogP contribution >= 0.6 is 0 Å². The first-order valence-corrected chi connectivity index (χ1v) is 5.16. The molecular formula is C9H26N2O5. The maximum atomic E-state index is 8.28. The summed E-state index contributed by atoms with van der Waals surface area (Å²) in [6.45, 7) is 4.88. The minimum atomic E-state index is -0.0488. The molecule has 7 heteroatoms. The quantitative estimate of drug-likeness (QED) is 0.430. The topological polar surface area (TPSA) is 108 Å². The minimum Gasteiger partial charge on any atom is -0.397 e. The first-order valence-electron chi connectivity index (χ1n) is 5.16. The Morgan fingerprint density at radius 2 is 1.25 bits per heavy atom. The molecule has 102 valence electrons. The summed E-state index contributed by atoms with van der Waals surface area (Å²) in [6, 6.07) is 0. The first-order chi connectivity index (χ1) is 7.64. The molecule has 0 saturated carbocycles. The van der Waals surface area contributed by atoms with Crippen molar-refractivity contribution in [3.8, 4) is 0 Å². The molecule has 0 radical (unpaired) electrons. The molecule has 0 aromatic rings. The average molecular weight is 242 g/mol. The van der Waals surface area contributed by atoms with Crippen LogP contribution in [0.5, 0.6) is 0 Å². The van der Waals surface area contributed by atoms with Gasteiger partial charge in [0.1, 0.15) is 0 Å². The first kappa shape index (κ1) is 21.1. The van der Waals surface area contributed by atoms with Gasteiger partial charge in [-0.2, -0.15) is 0 Å². The van der Waals surface area contributed by atoms with Crippen molar-refractivity contribution in [3.05, 3.63) is 0 Å². The van der Waals surface area contributed by atoms with Crippen LogP contribution in [0.1, 0.15) is 13.8 Å². The van der Waals surface area contributed by atoms with E-state index in [2.05, 4.69) is 0 Å². The minimum absolute atomic E-state index is 0.0488. The van der Waals surface area contributed by atoms with Crippen molar-refractivity contribution in [1.29, 1.82) is 0 Å². The monoisotopic (exact) mass is 242 g/mol. The van der Waals surface area contributed by atoms with Crippen molar-refractivity contribution in [2.75, 3.05) is 46.6 Å². The number of aliphatic hydroxyl groups excluding tert-OH is 3. The number of hydroxylamine groups is 2. The predicted octanol–water partition coefficient (Wildman–Crippen LogP) is -1.27. The highest BCUT2D eigenvalue weighted by Gasteiger charge is 1.95. The molecule has 0 aliphatic heterocycles. The number of hydrogen-bond acceptors (Lipinski definition) is 7. The SMILES string of the molecule is CCN.CCO.CN(OCCO)OCCO. The molecule has 0 aromatic heterocycles. The smallest absolute Gasteiger partial charge is 0.0942 e. The summed E-state index contributed by atoms with van der Waals surface area (Å²) in [5.41, 5.74) is 4.85. The third-order valence-electron chi connectivity index (χ3n) is 0.729. The zero-order valence-corrected chi connectivity index (χ0v) is 10.4. The maximum absolute atomic E-state index is 8.28. The Bertz CT molecular complexity index is 88.0. The van der Waals surface area contributed by atoms with Crippen LogP contribution in [-0.2, 0) is 9.68 Å². The molecule has 0 bridgehead atoms. The molecule has 0 rings (SSSR count). The highest BCUT2D eigenvalue weighted by atomic mass is 16.9. The Balaban J connectivity index is -0.000000235. The fourth-order valence-electron chi connectivity index (χ4n) is 0.376. The van der Waals surface area contributed by atoms with E-state index in [-0.39, 0.29) is 33.0 Å². The van der Waals surface area contributed by atoms with E-state index in [1.807, 2.05) is 6.92 Å². The summed E-state index contributed by atoms with van der Waals surface area (Å²) < 4.78 is 0. The van der Waals surface area contributed by atoms with E-state index >= 15 is 0 Å². The van der Waals surface area contributed by atoms with Crippen molar-refractivity contribution in [2.24, 2.45) is 5.73 Å². The van der Waals surface area contributed by atoms with Gasteiger partial charge in [-0.25, -0.2) is 0 Å². The predicted molar refractivity (Wildman–Crippen MR) is 61.3 cm³/mol. The number of hydrogen-bond donors (Lipinski definition) is 4. The molecule has 0 saturated heterocycles. The van der Waals surface area contributed by atoms with Crippen LogP contribution in [0.25, 0.3) is 0 Å². The van der Waals surface area contributed by atoms with Gasteiger partial charge < -0.3 is 21.1 Å². The van der Waals surface area contributed by atoms with Crippen LogP contribution in [0.4, 0.5) is 0 Å². The van der Waals surface area contributed by atoms with E-state index in [0.29, 0.717) is 0 Å². The second kappa shape index (κ2) is 24.1. The highest BCUT2D eigenvalue weighted by molar-refractivity contribution is 4.18. The summed E-state index contributed by atoms with van der Waals surface area (Å²) in [5, 5.41) is 25.2. The number of aliphatic hydroxyl groups is 3. The van der Waals surface area contributed by atoms with Gasteiger partial charge >= 0.3 is 0 Å². The molecule has 0 aliphatic carbocycles. The standard InChI is InChI=1S/C5H13NO4.C2H7N.C2H6O/c1-6(9-4-2-7)10-5-3-8;2*1-2-3/h7-8H,2-5H2,1H3;2-3H2,1H3;3H,2H2,1H3. The second-order valence-electron chi connectivity index (χ2n) is 2.28. The second-order valence-corrected chi connectivity index (χ2v) is 2.28. The van der Waals surface area contributed by atoms with Gasteiger partial charge in [-0.05, 0) is 13.5 Å². The van der Waals surface area contributed by atoms with Gasteiger partial charge in [0.25, 0.3) is 0 Å². The molecule has 0 spiro atoms. The lowest BCUT2D eigenvalue weighted by Gasteiger charge is -2.13. The van der Waals surface area contributed by atoms with Crippen molar-refractivity contribution >= 4 is 0 Å². The van der Waals surface area contributed by atoms with Gasteiger partial charge in [0, 0.05) is 13.7 Å². The largest absolute Gasteiger partial charge is 0.397 e.